The number of methoxy groups -OCH3 is 1. The van der Waals surface area contributed by atoms with Gasteiger partial charge in [0.25, 0.3) is 0 Å². The Kier molecular flexibility index (Phi) is 3.62. The highest BCUT2D eigenvalue weighted by molar-refractivity contribution is 5.80. The van der Waals surface area contributed by atoms with Crippen LogP contribution in [0.4, 0.5) is 4.39 Å². The summed E-state index contributed by atoms with van der Waals surface area (Å²) >= 11 is 0. The van der Waals surface area contributed by atoms with Gasteiger partial charge in [-0.05, 0) is 29.1 Å². The molecular formula is C17H16FNO2. The van der Waals surface area contributed by atoms with E-state index in [4.69, 9.17) is 4.74 Å². The van der Waals surface area contributed by atoms with E-state index in [-0.39, 0.29) is 18.2 Å². The molecule has 0 radical (unpaired) electrons. The van der Waals surface area contributed by atoms with Crippen LogP contribution in [0.1, 0.15) is 11.1 Å². The Balaban J connectivity index is 2.02. The minimum Gasteiger partial charge on any atom is -0.494 e. The second kappa shape index (κ2) is 5.58. The third-order valence-corrected chi connectivity index (χ3v) is 3.62. The molecule has 0 aliphatic heterocycles. The molecule has 0 amide bonds. The van der Waals surface area contributed by atoms with Gasteiger partial charge in [0.1, 0.15) is 0 Å². The lowest BCUT2D eigenvalue weighted by molar-refractivity contribution is 0.282. The average molecular weight is 285 g/mol. The molecule has 1 aromatic heterocycles. The molecule has 21 heavy (non-hydrogen) atoms. The van der Waals surface area contributed by atoms with Crippen molar-refractivity contribution in [1.29, 1.82) is 0 Å². The van der Waals surface area contributed by atoms with E-state index in [9.17, 15) is 9.50 Å². The second-order valence-electron chi connectivity index (χ2n) is 4.93. The van der Waals surface area contributed by atoms with Crippen LogP contribution in [0.15, 0.2) is 48.7 Å². The van der Waals surface area contributed by atoms with Crippen LogP contribution in [0.2, 0.25) is 0 Å². The first kappa shape index (κ1) is 13.6. The SMILES string of the molecule is COc1cccc(Cn2ccc3ccc(CO)cc32)c1F. The fraction of sp³-hybridized carbons (Fsp3) is 0.176. The van der Waals surface area contributed by atoms with Crippen LogP contribution in [0.25, 0.3) is 10.9 Å². The van der Waals surface area contributed by atoms with E-state index in [0.29, 0.717) is 12.1 Å². The lowest BCUT2D eigenvalue weighted by atomic mass is 10.1. The number of ether oxygens (including phenoxy) is 1. The molecule has 0 aliphatic rings. The van der Waals surface area contributed by atoms with Gasteiger partial charge in [-0.25, -0.2) is 4.39 Å². The molecule has 4 heteroatoms. The largest absolute Gasteiger partial charge is 0.494 e. The standard InChI is InChI=1S/C17H16FNO2/c1-21-16-4-2-3-14(17(16)18)10-19-8-7-13-6-5-12(11-20)9-15(13)19/h2-9,20H,10-11H2,1H3. The molecule has 0 atom stereocenters. The number of fused-ring (bicyclic) bond motifs is 1. The first-order valence-corrected chi connectivity index (χ1v) is 6.73. The second-order valence-corrected chi connectivity index (χ2v) is 4.93. The minimum atomic E-state index is -0.333. The molecule has 0 saturated carbocycles. The minimum absolute atomic E-state index is 0.00532. The first-order chi connectivity index (χ1) is 10.2. The summed E-state index contributed by atoms with van der Waals surface area (Å²) in [5.41, 5.74) is 2.39. The number of hydrogen-bond acceptors (Lipinski definition) is 2. The number of aromatic nitrogens is 1. The Labute approximate surface area is 122 Å². The van der Waals surface area contributed by atoms with Gasteiger partial charge in [0, 0.05) is 17.3 Å². The van der Waals surface area contributed by atoms with Crippen molar-refractivity contribution in [1.82, 2.24) is 4.57 Å². The molecule has 2 aromatic carbocycles. The van der Waals surface area contributed by atoms with E-state index in [1.54, 1.807) is 18.2 Å². The van der Waals surface area contributed by atoms with Crippen LogP contribution in [-0.2, 0) is 13.2 Å². The number of hydrogen-bond donors (Lipinski definition) is 1. The van der Waals surface area contributed by atoms with Crippen LogP contribution in [-0.4, -0.2) is 16.8 Å². The first-order valence-electron chi connectivity index (χ1n) is 6.73. The van der Waals surface area contributed by atoms with Crippen molar-refractivity contribution in [2.45, 2.75) is 13.2 Å². The molecule has 0 spiro atoms. The normalized spacial score (nSPS) is 11.0. The maximum absolute atomic E-state index is 14.2. The van der Waals surface area contributed by atoms with Crippen LogP contribution in [0, 0.1) is 5.82 Å². The average Bonchev–Trinajstić information content (AvgIpc) is 2.91. The molecule has 1 N–H and O–H groups in total. The molecule has 0 saturated heterocycles. The number of aliphatic hydroxyl groups excluding tert-OH is 1. The number of nitrogens with zero attached hydrogens (tertiary/aromatic N) is 1. The zero-order valence-electron chi connectivity index (χ0n) is 11.7. The zero-order chi connectivity index (χ0) is 14.8. The predicted octanol–water partition coefficient (Wildman–Crippen LogP) is 3.33. The molecule has 108 valence electrons. The van der Waals surface area contributed by atoms with E-state index in [2.05, 4.69) is 0 Å². The van der Waals surface area contributed by atoms with Crippen molar-refractivity contribution >= 4 is 10.9 Å². The highest BCUT2D eigenvalue weighted by atomic mass is 19.1. The maximum Gasteiger partial charge on any atom is 0.170 e. The lowest BCUT2D eigenvalue weighted by Gasteiger charge is -2.10. The van der Waals surface area contributed by atoms with Gasteiger partial charge < -0.3 is 14.4 Å². The topological polar surface area (TPSA) is 34.4 Å². The third-order valence-electron chi connectivity index (χ3n) is 3.62. The summed E-state index contributed by atoms with van der Waals surface area (Å²) in [7, 11) is 1.46. The van der Waals surface area contributed by atoms with Crippen molar-refractivity contribution in [3.05, 3.63) is 65.6 Å². The van der Waals surface area contributed by atoms with Crippen molar-refractivity contribution < 1.29 is 14.2 Å². The molecular weight excluding hydrogens is 269 g/mol. The Bertz CT molecular complexity index is 780. The van der Waals surface area contributed by atoms with Crippen molar-refractivity contribution in [3.8, 4) is 5.75 Å². The van der Waals surface area contributed by atoms with Crippen molar-refractivity contribution in [3.63, 3.8) is 0 Å². The van der Waals surface area contributed by atoms with E-state index in [0.717, 1.165) is 16.5 Å². The summed E-state index contributed by atoms with van der Waals surface area (Å²) in [4.78, 5) is 0. The van der Waals surface area contributed by atoms with Gasteiger partial charge in [0.2, 0.25) is 0 Å². The molecule has 0 bridgehead atoms. The van der Waals surface area contributed by atoms with Crippen LogP contribution >= 0.6 is 0 Å². The van der Waals surface area contributed by atoms with E-state index < -0.39 is 0 Å². The van der Waals surface area contributed by atoms with Gasteiger partial charge in [0.05, 0.1) is 20.3 Å². The Morgan fingerprint density at radius 3 is 2.81 bits per heavy atom. The smallest absolute Gasteiger partial charge is 0.170 e. The Hall–Kier alpha value is -2.33. The summed E-state index contributed by atoms with van der Waals surface area (Å²) in [6.07, 6.45) is 1.92. The van der Waals surface area contributed by atoms with E-state index in [1.165, 1.54) is 7.11 Å². The molecule has 0 unspecified atom stereocenters. The maximum atomic E-state index is 14.2. The van der Waals surface area contributed by atoms with Gasteiger partial charge in [-0.1, -0.05) is 24.3 Å². The molecule has 1 heterocycles. The van der Waals surface area contributed by atoms with Crippen LogP contribution in [0.3, 0.4) is 0 Å². The summed E-state index contributed by atoms with van der Waals surface area (Å²) in [5.74, 6) is -0.0832. The number of halogens is 1. The molecule has 3 rings (SSSR count). The van der Waals surface area contributed by atoms with Crippen molar-refractivity contribution in [2.24, 2.45) is 0 Å². The lowest BCUT2D eigenvalue weighted by Crippen LogP contribution is -2.02. The number of rotatable bonds is 4. The van der Waals surface area contributed by atoms with Gasteiger partial charge >= 0.3 is 0 Å². The monoisotopic (exact) mass is 285 g/mol. The Morgan fingerprint density at radius 1 is 1.19 bits per heavy atom. The molecule has 3 aromatic rings. The number of benzene rings is 2. The van der Waals surface area contributed by atoms with Gasteiger partial charge in [-0.15, -0.1) is 0 Å². The highest BCUT2D eigenvalue weighted by Gasteiger charge is 2.10. The fourth-order valence-corrected chi connectivity index (χ4v) is 2.49. The summed E-state index contributed by atoms with van der Waals surface area (Å²) in [6.45, 7) is 0.413. The van der Waals surface area contributed by atoms with E-state index in [1.807, 2.05) is 35.0 Å². The van der Waals surface area contributed by atoms with Crippen LogP contribution in [0.5, 0.6) is 5.75 Å². The fourth-order valence-electron chi connectivity index (χ4n) is 2.49. The van der Waals surface area contributed by atoms with E-state index >= 15 is 0 Å². The zero-order valence-corrected chi connectivity index (χ0v) is 11.7. The van der Waals surface area contributed by atoms with Gasteiger partial charge in [-0.2, -0.15) is 0 Å². The summed E-state index contributed by atoms with van der Waals surface area (Å²) in [5, 5.41) is 10.3. The van der Waals surface area contributed by atoms with Crippen molar-refractivity contribution in [2.75, 3.05) is 7.11 Å². The quantitative estimate of drug-likeness (QED) is 0.798. The van der Waals surface area contributed by atoms with Gasteiger partial charge in [-0.3, -0.25) is 0 Å². The van der Waals surface area contributed by atoms with Gasteiger partial charge in [0.15, 0.2) is 11.6 Å². The molecule has 0 aliphatic carbocycles. The summed E-state index contributed by atoms with van der Waals surface area (Å²) in [6, 6.07) is 12.9. The Morgan fingerprint density at radius 2 is 2.05 bits per heavy atom. The van der Waals surface area contributed by atoms with Crippen LogP contribution < -0.4 is 4.74 Å². The summed E-state index contributed by atoms with van der Waals surface area (Å²) < 4.78 is 21.2. The third kappa shape index (κ3) is 2.50. The molecule has 3 nitrogen and oxygen atoms in total. The predicted molar refractivity (Wildman–Crippen MR) is 79.9 cm³/mol. The highest BCUT2D eigenvalue weighted by Crippen LogP contribution is 2.23. The molecule has 0 fully saturated rings. The number of aliphatic hydroxyl groups is 1.